The van der Waals surface area contributed by atoms with Crippen LogP contribution in [0.5, 0.6) is 0 Å². The monoisotopic (exact) mass is 263 g/mol. The first-order chi connectivity index (χ1) is 8.50. The summed E-state index contributed by atoms with van der Waals surface area (Å²) in [5, 5.41) is 11.8. The van der Waals surface area contributed by atoms with Gasteiger partial charge < -0.3 is 10.6 Å². The van der Waals surface area contributed by atoms with Crippen LogP contribution in [0.3, 0.4) is 0 Å². The zero-order valence-electron chi connectivity index (χ0n) is 10.7. The molecule has 2 unspecified atom stereocenters. The Morgan fingerprint density at radius 2 is 2.06 bits per heavy atom. The van der Waals surface area contributed by atoms with Crippen molar-refractivity contribution in [2.24, 2.45) is 27.6 Å². The summed E-state index contributed by atoms with van der Waals surface area (Å²) >= 11 is 1.64. The summed E-state index contributed by atoms with van der Waals surface area (Å²) in [6.45, 7) is 4.08. The molecule has 0 bridgehead atoms. The van der Waals surface area contributed by atoms with Crippen molar-refractivity contribution >= 4 is 34.7 Å². The average molecular weight is 263 g/mol. The molecule has 0 aromatic carbocycles. The second kappa shape index (κ2) is 4.89. The van der Waals surface area contributed by atoms with Crippen LogP contribution >= 0.6 is 11.3 Å². The van der Waals surface area contributed by atoms with Crippen LogP contribution in [0.1, 0.15) is 13.8 Å². The SMILES string of the molecule is CC1C(N)=NC(=N)N=C(N(C)c2ccsc2)C1C. The Morgan fingerprint density at radius 3 is 2.67 bits per heavy atom. The normalized spacial score (nSPS) is 24.3. The molecule has 1 aliphatic rings. The van der Waals surface area contributed by atoms with Gasteiger partial charge in [-0.25, -0.2) is 0 Å². The second-order valence-electron chi connectivity index (χ2n) is 4.45. The molecular weight excluding hydrogens is 246 g/mol. The van der Waals surface area contributed by atoms with Crippen LogP contribution in [-0.2, 0) is 0 Å². The van der Waals surface area contributed by atoms with Crippen LogP contribution in [0.15, 0.2) is 26.8 Å². The van der Waals surface area contributed by atoms with E-state index in [1.54, 1.807) is 11.3 Å². The highest BCUT2D eigenvalue weighted by Crippen LogP contribution is 2.24. The molecule has 18 heavy (non-hydrogen) atoms. The van der Waals surface area contributed by atoms with Gasteiger partial charge in [-0.05, 0) is 11.4 Å². The topological polar surface area (TPSA) is 77.8 Å². The molecule has 0 aliphatic carbocycles. The summed E-state index contributed by atoms with van der Waals surface area (Å²) < 4.78 is 0. The number of hydrogen-bond donors (Lipinski definition) is 2. The van der Waals surface area contributed by atoms with Crippen molar-refractivity contribution in [1.82, 2.24) is 0 Å². The predicted octanol–water partition coefficient (Wildman–Crippen LogP) is 2.16. The third kappa shape index (κ3) is 2.28. The van der Waals surface area contributed by atoms with E-state index in [2.05, 4.69) is 22.3 Å². The molecule has 2 heterocycles. The Bertz CT molecular complexity index is 503. The number of hydrogen-bond acceptors (Lipinski definition) is 4. The molecule has 0 saturated carbocycles. The molecule has 2 atom stereocenters. The second-order valence-corrected chi connectivity index (χ2v) is 5.23. The molecule has 2 rings (SSSR count). The van der Waals surface area contributed by atoms with Gasteiger partial charge >= 0.3 is 0 Å². The molecule has 0 radical (unpaired) electrons. The maximum Gasteiger partial charge on any atom is 0.245 e. The highest BCUT2D eigenvalue weighted by molar-refractivity contribution is 7.08. The van der Waals surface area contributed by atoms with Crippen molar-refractivity contribution in [3.05, 3.63) is 16.8 Å². The molecule has 96 valence electrons. The van der Waals surface area contributed by atoms with E-state index in [1.807, 2.05) is 30.3 Å². The molecule has 0 fully saturated rings. The molecule has 0 spiro atoms. The van der Waals surface area contributed by atoms with E-state index in [-0.39, 0.29) is 17.8 Å². The lowest BCUT2D eigenvalue weighted by molar-refractivity contribution is 0.615. The molecule has 0 saturated heterocycles. The van der Waals surface area contributed by atoms with E-state index in [1.165, 1.54) is 0 Å². The summed E-state index contributed by atoms with van der Waals surface area (Å²) in [7, 11) is 1.96. The lowest BCUT2D eigenvalue weighted by Crippen LogP contribution is -2.37. The Hall–Kier alpha value is -1.69. The number of nitrogens with one attached hydrogen (secondary N) is 1. The van der Waals surface area contributed by atoms with Crippen LogP contribution in [0.25, 0.3) is 0 Å². The van der Waals surface area contributed by atoms with Crippen LogP contribution < -0.4 is 10.6 Å². The minimum Gasteiger partial charge on any atom is -0.387 e. The van der Waals surface area contributed by atoms with Crippen molar-refractivity contribution < 1.29 is 0 Å². The van der Waals surface area contributed by atoms with Gasteiger partial charge in [-0.1, -0.05) is 13.8 Å². The van der Waals surface area contributed by atoms with E-state index >= 15 is 0 Å². The lowest BCUT2D eigenvalue weighted by atomic mass is 9.93. The fraction of sp³-hybridized carbons (Fsp3) is 0.417. The van der Waals surface area contributed by atoms with E-state index in [4.69, 9.17) is 11.1 Å². The zero-order valence-corrected chi connectivity index (χ0v) is 11.5. The van der Waals surface area contributed by atoms with E-state index in [0.29, 0.717) is 5.84 Å². The van der Waals surface area contributed by atoms with Gasteiger partial charge in [0.25, 0.3) is 0 Å². The standard InChI is InChI=1S/C12H17N5S/c1-7-8(2)11(16-12(14)15-10(7)13)17(3)9-4-5-18-6-9/h4-8H,1-3H3,(H3,13,14,15). The van der Waals surface area contributed by atoms with Gasteiger partial charge in [0.05, 0.1) is 5.69 Å². The lowest BCUT2D eigenvalue weighted by Gasteiger charge is -2.26. The Balaban J connectivity index is 2.36. The van der Waals surface area contributed by atoms with E-state index in [9.17, 15) is 0 Å². The highest BCUT2D eigenvalue weighted by atomic mass is 32.1. The van der Waals surface area contributed by atoms with Crippen LogP contribution in [0.2, 0.25) is 0 Å². The van der Waals surface area contributed by atoms with Gasteiger partial charge in [-0.2, -0.15) is 21.3 Å². The van der Waals surface area contributed by atoms with Crippen molar-refractivity contribution in [1.29, 1.82) is 5.41 Å². The molecule has 1 aliphatic heterocycles. The number of nitrogens with two attached hydrogens (primary N) is 1. The highest BCUT2D eigenvalue weighted by Gasteiger charge is 2.27. The van der Waals surface area contributed by atoms with Crippen molar-refractivity contribution in [3.8, 4) is 0 Å². The van der Waals surface area contributed by atoms with Crippen LogP contribution in [0, 0.1) is 17.2 Å². The minimum atomic E-state index is -0.0271. The Kier molecular flexibility index (Phi) is 3.47. The summed E-state index contributed by atoms with van der Waals surface area (Å²) in [4.78, 5) is 10.3. The van der Waals surface area contributed by atoms with Gasteiger partial charge in [0.2, 0.25) is 5.96 Å². The number of nitrogens with zero attached hydrogens (tertiary/aromatic N) is 3. The first kappa shape index (κ1) is 12.8. The fourth-order valence-corrected chi connectivity index (χ4v) is 2.57. The van der Waals surface area contributed by atoms with Crippen molar-refractivity contribution in [3.63, 3.8) is 0 Å². The Morgan fingerprint density at radius 1 is 1.33 bits per heavy atom. The fourth-order valence-electron chi connectivity index (χ4n) is 1.90. The van der Waals surface area contributed by atoms with E-state index < -0.39 is 0 Å². The summed E-state index contributed by atoms with van der Waals surface area (Å²) in [6.07, 6.45) is 0. The third-order valence-corrected chi connectivity index (χ3v) is 3.99. The number of thiophene rings is 1. The average Bonchev–Trinajstić information content (AvgIpc) is 2.83. The van der Waals surface area contributed by atoms with Gasteiger partial charge in [-0.15, -0.1) is 0 Å². The molecular formula is C12H17N5S. The first-order valence-electron chi connectivity index (χ1n) is 5.78. The smallest absolute Gasteiger partial charge is 0.245 e. The molecule has 1 aromatic heterocycles. The minimum absolute atomic E-state index is 0.0271. The van der Waals surface area contributed by atoms with Gasteiger partial charge in [0.1, 0.15) is 11.7 Å². The first-order valence-corrected chi connectivity index (χ1v) is 6.72. The van der Waals surface area contributed by atoms with Crippen LogP contribution in [-0.4, -0.2) is 24.7 Å². The summed E-state index contributed by atoms with van der Waals surface area (Å²) in [5.41, 5.74) is 6.93. The molecule has 0 amide bonds. The maximum absolute atomic E-state index is 7.71. The molecule has 6 heteroatoms. The summed E-state index contributed by atoms with van der Waals surface area (Å²) in [6, 6.07) is 2.03. The molecule has 3 N–H and O–H groups in total. The van der Waals surface area contributed by atoms with Gasteiger partial charge in [-0.3, -0.25) is 5.41 Å². The molecule has 1 aromatic rings. The van der Waals surface area contributed by atoms with Gasteiger partial charge in [0, 0.05) is 24.3 Å². The number of anilines is 1. The maximum atomic E-state index is 7.71. The largest absolute Gasteiger partial charge is 0.387 e. The number of guanidine groups is 1. The quantitative estimate of drug-likeness (QED) is 0.814. The van der Waals surface area contributed by atoms with Gasteiger partial charge in [0.15, 0.2) is 0 Å². The Labute approximate surface area is 111 Å². The van der Waals surface area contributed by atoms with Crippen molar-refractivity contribution in [2.45, 2.75) is 13.8 Å². The van der Waals surface area contributed by atoms with Crippen molar-refractivity contribution in [2.75, 3.05) is 11.9 Å². The van der Waals surface area contributed by atoms with E-state index in [0.717, 1.165) is 11.5 Å². The number of amidine groups is 2. The molecule has 5 nitrogen and oxygen atoms in total. The summed E-state index contributed by atoms with van der Waals surface area (Å²) in [5.74, 6) is 1.48. The van der Waals surface area contributed by atoms with Crippen LogP contribution in [0.4, 0.5) is 5.69 Å². The zero-order chi connectivity index (χ0) is 13.3. The number of aliphatic imine (C=N–C) groups is 2. The number of rotatable bonds is 1. The third-order valence-electron chi connectivity index (χ3n) is 3.32. The predicted molar refractivity (Wildman–Crippen MR) is 77.8 cm³/mol.